The third-order valence-corrected chi connectivity index (χ3v) is 2.92. The number of ether oxygens (including phenoxy) is 2. The van der Waals surface area contributed by atoms with Gasteiger partial charge in [-0.15, -0.1) is 0 Å². The topological polar surface area (TPSA) is 68.3 Å². The number of nitrogens with two attached hydrogens (primary N) is 1. The highest BCUT2D eigenvalue weighted by atomic mass is 16.5. The lowest BCUT2D eigenvalue weighted by molar-refractivity contribution is 0.0264. The van der Waals surface area contributed by atoms with E-state index in [4.69, 9.17) is 20.6 Å². The summed E-state index contributed by atoms with van der Waals surface area (Å²) in [6, 6.07) is 7.23. The maximum atomic E-state index is 7.28. The van der Waals surface area contributed by atoms with E-state index in [1.807, 2.05) is 12.1 Å². The SMILES string of the molecule is CC1CCC(COc2ccc(C(=N)N)cc2)O1. The smallest absolute Gasteiger partial charge is 0.122 e. The number of nitrogen functional groups attached to an aromatic ring is 1. The minimum Gasteiger partial charge on any atom is -0.491 e. The van der Waals surface area contributed by atoms with E-state index < -0.39 is 0 Å². The molecule has 0 amide bonds. The van der Waals surface area contributed by atoms with Crippen LogP contribution >= 0.6 is 0 Å². The van der Waals surface area contributed by atoms with Gasteiger partial charge < -0.3 is 15.2 Å². The Bertz CT molecular complexity index is 389. The van der Waals surface area contributed by atoms with Crippen LogP contribution < -0.4 is 10.5 Å². The molecule has 3 N–H and O–H groups in total. The Morgan fingerprint density at radius 3 is 2.65 bits per heavy atom. The van der Waals surface area contributed by atoms with Crippen LogP contribution in [-0.4, -0.2) is 24.7 Å². The molecule has 2 unspecified atom stereocenters. The molecular formula is C13H18N2O2. The molecule has 0 radical (unpaired) electrons. The van der Waals surface area contributed by atoms with Crippen molar-refractivity contribution in [2.45, 2.75) is 32.0 Å². The van der Waals surface area contributed by atoms with E-state index >= 15 is 0 Å². The standard InChI is InChI=1S/C13H18N2O2/c1-9-2-5-12(17-9)8-16-11-6-3-10(4-7-11)13(14)15/h3-4,6-7,9,12H,2,5,8H2,1H3,(H3,14,15). The molecule has 1 aliphatic heterocycles. The van der Waals surface area contributed by atoms with Crippen molar-refractivity contribution in [3.8, 4) is 5.75 Å². The number of amidine groups is 1. The predicted molar refractivity (Wildman–Crippen MR) is 66.5 cm³/mol. The van der Waals surface area contributed by atoms with Crippen molar-refractivity contribution in [3.05, 3.63) is 29.8 Å². The lowest BCUT2D eigenvalue weighted by Crippen LogP contribution is -2.18. The number of hydrogen-bond acceptors (Lipinski definition) is 3. The molecule has 0 spiro atoms. The Labute approximate surface area is 101 Å². The van der Waals surface area contributed by atoms with E-state index in [1.165, 1.54) is 0 Å². The molecule has 2 atom stereocenters. The first-order valence-electron chi connectivity index (χ1n) is 5.88. The first-order chi connectivity index (χ1) is 8.15. The first-order valence-corrected chi connectivity index (χ1v) is 5.88. The van der Waals surface area contributed by atoms with Crippen LogP contribution in [0.1, 0.15) is 25.3 Å². The van der Waals surface area contributed by atoms with Crippen molar-refractivity contribution >= 4 is 5.84 Å². The molecule has 4 heteroatoms. The molecule has 0 bridgehead atoms. The van der Waals surface area contributed by atoms with Crippen LogP contribution in [0.15, 0.2) is 24.3 Å². The van der Waals surface area contributed by atoms with Crippen LogP contribution in [0.5, 0.6) is 5.75 Å². The summed E-state index contributed by atoms with van der Waals surface area (Å²) < 4.78 is 11.3. The van der Waals surface area contributed by atoms with Gasteiger partial charge in [-0.05, 0) is 44.0 Å². The van der Waals surface area contributed by atoms with Crippen molar-refractivity contribution in [2.24, 2.45) is 5.73 Å². The second-order valence-electron chi connectivity index (χ2n) is 4.40. The highest BCUT2D eigenvalue weighted by Crippen LogP contribution is 2.20. The van der Waals surface area contributed by atoms with Gasteiger partial charge in [-0.3, -0.25) is 5.41 Å². The third-order valence-electron chi connectivity index (χ3n) is 2.92. The Hall–Kier alpha value is -1.55. The Kier molecular flexibility index (Phi) is 3.64. The Morgan fingerprint density at radius 2 is 2.12 bits per heavy atom. The van der Waals surface area contributed by atoms with Crippen LogP contribution in [0.3, 0.4) is 0 Å². The average molecular weight is 234 g/mol. The van der Waals surface area contributed by atoms with Crippen LogP contribution in [0, 0.1) is 5.41 Å². The van der Waals surface area contributed by atoms with Gasteiger partial charge in [0.1, 0.15) is 18.2 Å². The zero-order valence-electron chi connectivity index (χ0n) is 9.98. The average Bonchev–Trinajstić information content (AvgIpc) is 2.73. The second kappa shape index (κ2) is 5.19. The number of benzene rings is 1. The largest absolute Gasteiger partial charge is 0.491 e. The van der Waals surface area contributed by atoms with Crippen molar-refractivity contribution < 1.29 is 9.47 Å². The fourth-order valence-electron chi connectivity index (χ4n) is 1.93. The van der Waals surface area contributed by atoms with Gasteiger partial charge in [0.05, 0.1) is 12.2 Å². The minimum absolute atomic E-state index is 0.0736. The van der Waals surface area contributed by atoms with Crippen molar-refractivity contribution in [1.29, 1.82) is 5.41 Å². The Balaban J connectivity index is 1.85. The molecule has 1 aromatic carbocycles. The van der Waals surface area contributed by atoms with Crippen LogP contribution in [-0.2, 0) is 4.74 Å². The molecule has 92 valence electrons. The number of rotatable bonds is 4. The van der Waals surface area contributed by atoms with E-state index in [-0.39, 0.29) is 11.9 Å². The molecule has 17 heavy (non-hydrogen) atoms. The molecule has 1 heterocycles. The summed E-state index contributed by atoms with van der Waals surface area (Å²) in [6.07, 6.45) is 2.73. The third kappa shape index (κ3) is 3.20. The second-order valence-corrected chi connectivity index (χ2v) is 4.40. The van der Waals surface area contributed by atoms with E-state index in [0.717, 1.165) is 18.6 Å². The van der Waals surface area contributed by atoms with Gasteiger partial charge in [0.2, 0.25) is 0 Å². The normalized spacial score (nSPS) is 23.6. The summed E-state index contributed by atoms with van der Waals surface area (Å²) in [4.78, 5) is 0. The van der Waals surface area contributed by atoms with Crippen LogP contribution in [0.2, 0.25) is 0 Å². The fraction of sp³-hybridized carbons (Fsp3) is 0.462. The van der Waals surface area contributed by atoms with E-state index in [0.29, 0.717) is 18.3 Å². The summed E-state index contributed by atoms with van der Waals surface area (Å²) in [6.45, 7) is 2.67. The Morgan fingerprint density at radius 1 is 1.41 bits per heavy atom. The van der Waals surface area contributed by atoms with Gasteiger partial charge in [-0.25, -0.2) is 0 Å². The maximum absolute atomic E-state index is 7.28. The van der Waals surface area contributed by atoms with E-state index in [9.17, 15) is 0 Å². The van der Waals surface area contributed by atoms with E-state index in [1.54, 1.807) is 12.1 Å². The van der Waals surface area contributed by atoms with Gasteiger partial charge >= 0.3 is 0 Å². The highest BCUT2D eigenvalue weighted by molar-refractivity contribution is 5.94. The molecule has 1 fully saturated rings. The predicted octanol–water partition coefficient (Wildman–Crippen LogP) is 1.92. The quantitative estimate of drug-likeness (QED) is 0.617. The van der Waals surface area contributed by atoms with E-state index in [2.05, 4.69) is 6.92 Å². The van der Waals surface area contributed by atoms with Gasteiger partial charge in [-0.1, -0.05) is 0 Å². The summed E-state index contributed by atoms with van der Waals surface area (Å²) in [5.41, 5.74) is 6.09. The summed E-state index contributed by atoms with van der Waals surface area (Å²) >= 11 is 0. The first kappa shape index (κ1) is 11.9. The molecule has 4 nitrogen and oxygen atoms in total. The lowest BCUT2D eigenvalue weighted by Gasteiger charge is -2.12. The van der Waals surface area contributed by atoms with Crippen LogP contribution in [0.4, 0.5) is 0 Å². The monoisotopic (exact) mass is 234 g/mol. The van der Waals surface area contributed by atoms with Crippen molar-refractivity contribution in [3.63, 3.8) is 0 Å². The van der Waals surface area contributed by atoms with Gasteiger partial charge in [-0.2, -0.15) is 0 Å². The molecular weight excluding hydrogens is 216 g/mol. The summed E-state index contributed by atoms with van der Waals surface area (Å²) in [7, 11) is 0. The van der Waals surface area contributed by atoms with Gasteiger partial charge in [0.15, 0.2) is 0 Å². The molecule has 2 rings (SSSR count). The fourth-order valence-corrected chi connectivity index (χ4v) is 1.93. The number of nitrogens with one attached hydrogen (secondary N) is 1. The molecule has 1 aromatic rings. The molecule has 0 aromatic heterocycles. The molecule has 1 saturated heterocycles. The molecule has 1 aliphatic rings. The van der Waals surface area contributed by atoms with Gasteiger partial charge in [0, 0.05) is 5.56 Å². The van der Waals surface area contributed by atoms with Crippen molar-refractivity contribution in [2.75, 3.05) is 6.61 Å². The number of hydrogen-bond donors (Lipinski definition) is 2. The maximum Gasteiger partial charge on any atom is 0.122 e. The zero-order chi connectivity index (χ0) is 12.3. The molecule has 0 aliphatic carbocycles. The van der Waals surface area contributed by atoms with Crippen molar-refractivity contribution in [1.82, 2.24) is 0 Å². The summed E-state index contributed by atoms with van der Waals surface area (Å²) in [5.74, 6) is 0.864. The highest BCUT2D eigenvalue weighted by Gasteiger charge is 2.22. The molecule has 0 saturated carbocycles. The summed E-state index contributed by atoms with van der Waals surface area (Å²) in [5, 5.41) is 7.28. The zero-order valence-corrected chi connectivity index (χ0v) is 9.98. The minimum atomic E-state index is 0.0736. The lowest BCUT2D eigenvalue weighted by atomic mass is 10.2. The van der Waals surface area contributed by atoms with Crippen LogP contribution in [0.25, 0.3) is 0 Å². The van der Waals surface area contributed by atoms with Gasteiger partial charge in [0.25, 0.3) is 0 Å².